The fraction of sp³-hybridized carbons (Fsp3) is 1.00. The van der Waals surface area contributed by atoms with Crippen molar-refractivity contribution in [2.75, 3.05) is 6.61 Å². The summed E-state index contributed by atoms with van der Waals surface area (Å²) in [6.07, 6.45) is 13.8. The van der Waals surface area contributed by atoms with Crippen molar-refractivity contribution in [2.24, 2.45) is 0 Å². The zero-order chi connectivity index (χ0) is 12.1. The van der Waals surface area contributed by atoms with Gasteiger partial charge in [-0.15, -0.1) is 0 Å². The molecule has 0 aliphatic carbocycles. The van der Waals surface area contributed by atoms with Gasteiger partial charge in [-0.2, -0.15) is 0 Å². The van der Waals surface area contributed by atoms with Gasteiger partial charge in [-0.05, 0) is 19.8 Å². The maximum absolute atomic E-state index is 5.80. The summed E-state index contributed by atoms with van der Waals surface area (Å²) in [6.45, 7) is 7.71. The highest BCUT2D eigenvalue weighted by Crippen LogP contribution is 2.09. The van der Waals surface area contributed by atoms with E-state index in [1.54, 1.807) is 0 Å². The molecule has 0 spiro atoms. The van der Waals surface area contributed by atoms with Gasteiger partial charge in [-0.25, -0.2) is 0 Å². The molecule has 1 heteroatoms. The van der Waals surface area contributed by atoms with E-state index in [0.29, 0.717) is 6.10 Å². The minimum absolute atomic E-state index is 0.475. The normalized spacial score (nSPS) is 12.9. The lowest BCUT2D eigenvalue weighted by Gasteiger charge is -2.12. The molecule has 0 unspecified atom stereocenters. The fourth-order valence-corrected chi connectivity index (χ4v) is 1.93. The van der Waals surface area contributed by atoms with Gasteiger partial charge in [0.2, 0.25) is 0 Å². The van der Waals surface area contributed by atoms with Crippen molar-refractivity contribution in [1.82, 2.24) is 0 Å². The lowest BCUT2D eigenvalue weighted by atomic mass is 10.1. The van der Waals surface area contributed by atoms with Crippen LogP contribution in [0.15, 0.2) is 0 Å². The van der Waals surface area contributed by atoms with Crippen LogP contribution in [0.25, 0.3) is 0 Å². The van der Waals surface area contributed by atoms with Crippen molar-refractivity contribution in [3.8, 4) is 0 Å². The second-order valence-electron chi connectivity index (χ2n) is 4.94. The Labute approximate surface area is 103 Å². The summed E-state index contributed by atoms with van der Waals surface area (Å²) >= 11 is 0. The first-order valence-corrected chi connectivity index (χ1v) is 7.42. The van der Waals surface area contributed by atoms with Gasteiger partial charge in [0.1, 0.15) is 0 Å². The predicted octanol–water partition coefficient (Wildman–Crippen LogP) is 5.33. The molecule has 0 aliphatic rings. The van der Waals surface area contributed by atoms with Crippen molar-refractivity contribution >= 4 is 0 Å². The molecule has 0 aromatic carbocycles. The Kier molecular flexibility index (Phi) is 13.0. The van der Waals surface area contributed by atoms with E-state index in [9.17, 15) is 0 Å². The van der Waals surface area contributed by atoms with Crippen LogP contribution in [0.1, 0.15) is 85.0 Å². The molecule has 0 fully saturated rings. The molecule has 98 valence electrons. The van der Waals surface area contributed by atoms with E-state index in [2.05, 4.69) is 20.8 Å². The maximum Gasteiger partial charge on any atom is 0.0547 e. The highest BCUT2D eigenvalue weighted by Gasteiger charge is 2.01. The Bertz CT molecular complexity index is 123. The molecule has 16 heavy (non-hydrogen) atoms. The number of hydrogen-bond acceptors (Lipinski definition) is 1. The van der Waals surface area contributed by atoms with E-state index in [0.717, 1.165) is 6.61 Å². The molecule has 0 heterocycles. The second-order valence-corrected chi connectivity index (χ2v) is 4.94. The predicted molar refractivity (Wildman–Crippen MR) is 72.9 cm³/mol. The molecular formula is C15H32O. The molecule has 0 rings (SSSR count). The van der Waals surface area contributed by atoms with Gasteiger partial charge in [-0.3, -0.25) is 0 Å². The van der Waals surface area contributed by atoms with Crippen LogP contribution < -0.4 is 0 Å². The first-order chi connectivity index (χ1) is 7.81. The summed E-state index contributed by atoms with van der Waals surface area (Å²) in [5.41, 5.74) is 0. The third-order valence-corrected chi connectivity index (χ3v) is 3.11. The monoisotopic (exact) mass is 228 g/mol. The van der Waals surface area contributed by atoms with Crippen LogP contribution in [0.2, 0.25) is 0 Å². The van der Waals surface area contributed by atoms with Gasteiger partial charge >= 0.3 is 0 Å². The van der Waals surface area contributed by atoms with Gasteiger partial charge in [0.05, 0.1) is 6.10 Å². The number of rotatable bonds is 12. The molecule has 0 aromatic heterocycles. The average molecular weight is 228 g/mol. The van der Waals surface area contributed by atoms with Crippen LogP contribution in [0.5, 0.6) is 0 Å². The molecule has 0 saturated carbocycles. The Morgan fingerprint density at radius 2 is 1.31 bits per heavy atom. The summed E-state index contributed by atoms with van der Waals surface area (Å²) < 4.78 is 5.80. The second kappa shape index (κ2) is 13.0. The molecule has 1 atom stereocenters. The van der Waals surface area contributed by atoms with Gasteiger partial charge in [0.25, 0.3) is 0 Å². The minimum atomic E-state index is 0.475. The zero-order valence-electron chi connectivity index (χ0n) is 11.8. The number of unbranched alkanes of at least 4 members (excludes halogenated alkanes) is 7. The van der Waals surface area contributed by atoms with Crippen LogP contribution >= 0.6 is 0 Å². The summed E-state index contributed by atoms with van der Waals surface area (Å²) in [6, 6.07) is 0. The molecule has 0 bridgehead atoms. The summed E-state index contributed by atoms with van der Waals surface area (Å²) in [5, 5.41) is 0. The molecule has 0 N–H and O–H groups in total. The van der Waals surface area contributed by atoms with Crippen molar-refractivity contribution in [3.05, 3.63) is 0 Å². The van der Waals surface area contributed by atoms with Gasteiger partial charge < -0.3 is 4.74 Å². The first-order valence-electron chi connectivity index (χ1n) is 7.42. The van der Waals surface area contributed by atoms with Crippen molar-refractivity contribution < 1.29 is 4.74 Å². The Morgan fingerprint density at radius 3 is 1.94 bits per heavy atom. The molecular weight excluding hydrogens is 196 g/mol. The molecule has 0 amide bonds. The topological polar surface area (TPSA) is 9.23 Å². The molecule has 0 aromatic rings. The SMILES string of the molecule is CCCCCCCO[C@@H](C)CCCCCC. The maximum atomic E-state index is 5.80. The van der Waals surface area contributed by atoms with Crippen LogP contribution in [0, 0.1) is 0 Å². The van der Waals surface area contributed by atoms with Crippen molar-refractivity contribution in [3.63, 3.8) is 0 Å². The van der Waals surface area contributed by atoms with Gasteiger partial charge in [0.15, 0.2) is 0 Å². The lowest BCUT2D eigenvalue weighted by Crippen LogP contribution is -2.09. The summed E-state index contributed by atoms with van der Waals surface area (Å²) in [4.78, 5) is 0. The smallest absolute Gasteiger partial charge is 0.0547 e. The molecule has 0 saturated heterocycles. The van der Waals surface area contributed by atoms with E-state index in [1.807, 2.05) is 0 Å². The van der Waals surface area contributed by atoms with E-state index >= 15 is 0 Å². The Balaban J connectivity index is 3.08. The summed E-state index contributed by atoms with van der Waals surface area (Å²) in [7, 11) is 0. The van der Waals surface area contributed by atoms with Crippen LogP contribution in [-0.4, -0.2) is 12.7 Å². The quantitative estimate of drug-likeness (QED) is 0.410. The first kappa shape index (κ1) is 16.0. The molecule has 0 aliphatic heterocycles. The standard InChI is InChI=1S/C15H32O/c1-4-6-8-10-12-14-16-15(3)13-11-9-7-5-2/h15H,4-14H2,1-3H3/t15-/m0/s1. The van der Waals surface area contributed by atoms with Crippen molar-refractivity contribution in [2.45, 2.75) is 91.1 Å². The average Bonchev–Trinajstić information content (AvgIpc) is 2.29. The third-order valence-electron chi connectivity index (χ3n) is 3.11. The van der Waals surface area contributed by atoms with Gasteiger partial charge in [0, 0.05) is 6.61 Å². The highest BCUT2D eigenvalue weighted by molar-refractivity contribution is 4.52. The minimum Gasteiger partial charge on any atom is -0.379 e. The zero-order valence-corrected chi connectivity index (χ0v) is 11.8. The van der Waals surface area contributed by atoms with Crippen LogP contribution in [0.4, 0.5) is 0 Å². The van der Waals surface area contributed by atoms with Crippen LogP contribution in [0.3, 0.4) is 0 Å². The van der Waals surface area contributed by atoms with E-state index in [1.165, 1.54) is 64.2 Å². The summed E-state index contributed by atoms with van der Waals surface area (Å²) in [5.74, 6) is 0. The fourth-order valence-electron chi connectivity index (χ4n) is 1.93. The lowest BCUT2D eigenvalue weighted by molar-refractivity contribution is 0.0557. The Hall–Kier alpha value is -0.0400. The van der Waals surface area contributed by atoms with Crippen LogP contribution in [-0.2, 0) is 4.74 Å². The highest BCUT2D eigenvalue weighted by atomic mass is 16.5. The molecule has 0 radical (unpaired) electrons. The van der Waals surface area contributed by atoms with E-state index in [4.69, 9.17) is 4.74 Å². The largest absolute Gasteiger partial charge is 0.379 e. The van der Waals surface area contributed by atoms with E-state index < -0.39 is 0 Å². The number of hydrogen-bond donors (Lipinski definition) is 0. The van der Waals surface area contributed by atoms with Gasteiger partial charge in [-0.1, -0.05) is 65.2 Å². The molecule has 1 nitrogen and oxygen atoms in total. The Morgan fingerprint density at radius 1 is 0.750 bits per heavy atom. The van der Waals surface area contributed by atoms with Crippen molar-refractivity contribution in [1.29, 1.82) is 0 Å². The third kappa shape index (κ3) is 12.0. The van der Waals surface area contributed by atoms with E-state index in [-0.39, 0.29) is 0 Å². The number of ether oxygens (including phenoxy) is 1.